The van der Waals surface area contributed by atoms with Gasteiger partial charge in [-0.05, 0) is 20.8 Å². The van der Waals surface area contributed by atoms with E-state index in [9.17, 15) is 0 Å². The average Bonchev–Trinajstić information content (AvgIpc) is 2.30. The number of hydrogen-bond acceptors (Lipinski definition) is 3. The molecular formula is C8H15N3O. The minimum Gasteiger partial charge on any atom is -0.369 e. The van der Waals surface area contributed by atoms with Gasteiger partial charge < -0.3 is 4.74 Å². The summed E-state index contributed by atoms with van der Waals surface area (Å²) in [5.74, 6) is 0. The van der Waals surface area contributed by atoms with Crippen LogP contribution in [0.3, 0.4) is 0 Å². The first-order valence-electron chi connectivity index (χ1n) is 3.96. The van der Waals surface area contributed by atoms with Crippen molar-refractivity contribution in [1.82, 2.24) is 15.0 Å². The Kier molecular flexibility index (Phi) is 2.47. The molecule has 0 N–H and O–H groups in total. The Labute approximate surface area is 72.5 Å². The van der Waals surface area contributed by atoms with Gasteiger partial charge in [0.2, 0.25) is 0 Å². The number of ether oxygens (including phenoxy) is 1. The van der Waals surface area contributed by atoms with Crippen LogP contribution < -0.4 is 0 Å². The molecule has 1 rings (SSSR count). The van der Waals surface area contributed by atoms with Gasteiger partial charge in [-0.25, -0.2) is 0 Å². The molecule has 1 aromatic rings. The summed E-state index contributed by atoms with van der Waals surface area (Å²) >= 11 is 0. The highest BCUT2D eigenvalue weighted by atomic mass is 16.5. The largest absolute Gasteiger partial charge is 0.369 e. The highest BCUT2D eigenvalue weighted by Crippen LogP contribution is 2.09. The summed E-state index contributed by atoms with van der Waals surface area (Å²) < 4.78 is 7.18. The van der Waals surface area contributed by atoms with E-state index in [1.54, 1.807) is 4.68 Å². The van der Waals surface area contributed by atoms with Crippen molar-refractivity contribution >= 4 is 0 Å². The molecule has 0 fully saturated rings. The molecule has 0 aliphatic heterocycles. The molecule has 0 bridgehead atoms. The Balaban J connectivity index is 2.44. The number of aryl methyl sites for hydroxylation is 1. The van der Waals surface area contributed by atoms with E-state index in [0.717, 1.165) is 5.69 Å². The SMILES string of the molecule is Cn1cc(COC(C)(C)C)nn1. The van der Waals surface area contributed by atoms with Gasteiger partial charge in [-0.1, -0.05) is 5.21 Å². The number of nitrogens with zero attached hydrogens (tertiary/aromatic N) is 3. The fraction of sp³-hybridized carbons (Fsp3) is 0.750. The van der Waals surface area contributed by atoms with Crippen molar-refractivity contribution in [3.63, 3.8) is 0 Å². The van der Waals surface area contributed by atoms with Crippen LogP contribution >= 0.6 is 0 Å². The van der Waals surface area contributed by atoms with Crippen LogP contribution in [0, 0.1) is 0 Å². The zero-order chi connectivity index (χ0) is 9.19. The molecule has 0 atom stereocenters. The number of hydrogen-bond donors (Lipinski definition) is 0. The van der Waals surface area contributed by atoms with Crippen molar-refractivity contribution < 1.29 is 4.74 Å². The van der Waals surface area contributed by atoms with Crippen LogP contribution in [0.1, 0.15) is 26.5 Å². The molecule has 0 radical (unpaired) electrons. The van der Waals surface area contributed by atoms with Gasteiger partial charge in [0.25, 0.3) is 0 Å². The molecule has 0 amide bonds. The van der Waals surface area contributed by atoms with Crippen LogP contribution in [-0.4, -0.2) is 20.6 Å². The van der Waals surface area contributed by atoms with E-state index in [4.69, 9.17) is 4.74 Å². The topological polar surface area (TPSA) is 39.9 Å². The second-order valence-electron chi connectivity index (χ2n) is 3.78. The van der Waals surface area contributed by atoms with E-state index in [1.807, 2.05) is 34.0 Å². The van der Waals surface area contributed by atoms with E-state index in [0.29, 0.717) is 6.61 Å². The van der Waals surface area contributed by atoms with Gasteiger partial charge in [0.05, 0.1) is 18.4 Å². The molecule has 4 nitrogen and oxygen atoms in total. The molecule has 1 aromatic heterocycles. The standard InChI is InChI=1S/C8H15N3O/c1-8(2,3)12-6-7-5-11(4)10-9-7/h5H,6H2,1-4H3. The third-order valence-electron chi connectivity index (χ3n) is 1.30. The second kappa shape index (κ2) is 3.23. The summed E-state index contributed by atoms with van der Waals surface area (Å²) in [6.07, 6.45) is 1.85. The van der Waals surface area contributed by atoms with Crippen molar-refractivity contribution in [1.29, 1.82) is 0 Å². The van der Waals surface area contributed by atoms with Crippen molar-refractivity contribution in [3.05, 3.63) is 11.9 Å². The molecule has 0 saturated carbocycles. The first kappa shape index (κ1) is 9.19. The normalized spacial score (nSPS) is 12.0. The molecule has 0 aliphatic rings. The van der Waals surface area contributed by atoms with Crippen molar-refractivity contribution in [2.45, 2.75) is 33.0 Å². The average molecular weight is 169 g/mol. The minimum atomic E-state index is -0.114. The molecule has 1 heterocycles. The Morgan fingerprint density at radius 3 is 2.58 bits per heavy atom. The molecule has 0 aromatic carbocycles. The molecule has 0 unspecified atom stereocenters. The fourth-order valence-corrected chi connectivity index (χ4v) is 0.752. The Morgan fingerprint density at radius 1 is 1.50 bits per heavy atom. The van der Waals surface area contributed by atoms with Crippen molar-refractivity contribution in [2.75, 3.05) is 0 Å². The van der Waals surface area contributed by atoms with Crippen LogP contribution in [0.5, 0.6) is 0 Å². The van der Waals surface area contributed by atoms with Crippen LogP contribution in [0.4, 0.5) is 0 Å². The maximum atomic E-state index is 5.51. The van der Waals surface area contributed by atoms with E-state index in [1.165, 1.54) is 0 Å². The quantitative estimate of drug-likeness (QED) is 0.666. The highest BCUT2D eigenvalue weighted by molar-refractivity contribution is 4.89. The third kappa shape index (κ3) is 3.00. The second-order valence-corrected chi connectivity index (χ2v) is 3.78. The molecule has 0 spiro atoms. The summed E-state index contributed by atoms with van der Waals surface area (Å²) in [6, 6.07) is 0. The van der Waals surface area contributed by atoms with Crippen molar-refractivity contribution in [3.8, 4) is 0 Å². The van der Waals surface area contributed by atoms with Gasteiger partial charge in [0, 0.05) is 7.05 Å². The summed E-state index contributed by atoms with van der Waals surface area (Å²) in [7, 11) is 1.84. The maximum absolute atomic E-state index is 5.51. The fourth-order valence-electron chi connectivity index (χ4n) is 0.752. The van der Waals surface area contributed by atoms with Gasteiger partial charge in [-0.3, -0.25) is 4.68 Å². The lowest BCUT2D eigenvalue weighted by molar-refractivity contribution is -0.0165. The highest BCUT2D eigenvalue weighted by Gasteiger charge is 2.10. The molecule has 0 aliphatic carbocycles. The molecule has 0 saturated heterocycles. The van der Waals surface area contributed by atoms with Gasteiger partial charge in [-0.15, -0.1) is 5.10 Å². The smallest absolute Gasteiger partial charge is 0.108 e. The third-order valence-corrected chi connectivity index (χ3v) is 1.30. The Morgan fingerprint density at radius 2 is 2.17 bits per heavy atom. The minimum absolute atomic E-state index is 0.114. The zero-order valence-corrected chi connectivity index (χ0v) is 8.03. The lowest BCUT2D eigenvalue weighted by Gasteiger charge is -2.18. The summed E-state index contributed by atoms with van der Waals surface area (Å²) in [5, 5.41) is 7.71. The number of aromatic nitrogens is 3. The Hall–Kier alpha value is -0.900. The first-order chi connectivity index (χ1) is 5.47. The monoisotopic (exact) mass is 169 g/mol. The van der Waals surface area contributed by atoms with Gasteiger partial charge >= 0.3 is 0 Å². The summed E-state index contributed by atoms with van der Waals surface area (Å²) in [6.45, 7) is 6.58. The first-order valence-corrected chi connectivity index (χ1v) is 3.96. The predicted octanol–water partition coefficient (Wildman–Crippen LogP) is 1.13. The Bertz CT molecular complexity index is 249. The lowest BCUT2D eigenvalue weighted by Crippen LogP contribution is -2.18. The van der Waals surface area contributed by atoms with Crippen LogP contribution in [0.25, 0.3) is 0 Å². The van der Waals surface area contributed by atoms with E-state index in [-0.39, 0.29) is 5.60 Å². The molecule has 4 heteroatoms. The summed E-state index contributed by atoms with van der Waals surface area (Å²) in [4.78, 5) is 0. The summed E-state index contributed by atoms with van der Waals surface area (Å²) in [5.41, 5.74) is 0.754. The van der Waals surface area contributed by atoms with Crippen LogP contribution in [0.15, 0.2) is 6.20 Å². The van der Waals surface area contributed by atoms with Crippen LogP contribution in [0.2, 0.25) is 0 Å². The van der Waals surface area contributed by atoms with E-state index in [2.05, 4.69) is 10.3 Å². The van der Waals surface area contributed by atoms with Gasteiger partial charge in [-0.2, -0.15) is 0 Å². The molecule has 68 valence electrons. The van der Waals surface area contributed by atoms with Crippen molar-refractivity contribution in [2.24, 2.45) is 7.05 Å². The van der Waals surface area contributed by atoms with Gasteiger partial charge in [0.15, 0.2) is 0 Å². The lowest BCUT2D eigenvalue weighted by atomic mass is 10.2. The van der Waals surface area contributed by atoms with Crippen LogP contribution in [-0.2, 0) is 18.4 Å². The van der Waals surface area contributed by atoms with E-state index >= 15 is 0 Å². The predicted molar refractivity (Wildman–Crippen MR) is 45.5 cm³/mol. The van der Waals surface area contributed by atoms with Gasteiger partial charge in [0.1, 0.15) is 5.69 Å². The molecular weight excluding hydrogens is 154 g/mol. The van der Waals surface area contributed by atoms with E-state index < -0.39 is 0 Å². The zero-order valence-electron chi connectivity index (χ0n) is 8.03. The maximum Gasteiger partial charge on any atom is 0.108 e. The molecule has 12 heavy (non-hydrogen) atoms. The number of rotatable bonds is 2.